The highest BCUT2D eigenvalue weighted by molar-refractivity contribution is 5.35. The van der Waals surface area contributed by atoms with Gasteiger partial charge in [-0.25, -0.2) is 13.2 Å². The molecule has 1 aromatic carbocycles. The Balaban J connectivity index is 1.43. The summed E-state index contributed by atoms with van der Waals surface area (Å²) in [6.45, 7) is 2.27. The first-order valence-corrected chi connectivity index (χ1v) is 11.2. The van der Waals surface area contributed by atoms with Crippen molar-refractivity contribution in [2.75, 3.05) is 0 Å². The van der Waals surface area contributed by atoms with Gasteiger partial charge < -0.3 is 0 Å². The van der Waals surface area contributed by atoms with E-state index in [9.17, 15) is 13.2 Å². The molecule has 0 heterocycles. The van der Waals surface area contributed by atoms with Crippen LogP contribution in [0.5, 0.6) is 0 Å². The standard InChI is InChI=1S/C25H33F3/c1-2-3-4-5-18-8-12-21(13-9-18)22-14-10-19(11-15-22)6-7-20-16-23(26)25(28)24(27)17-20/h16-19,21-22H,2-5,8-15H2,1H3/t18-,19-,21-,22-. The fourth-order valence-electron chi connectivity index (χ4n) is 5.18. The van der Waals surface area contributed by atoms with E-state index in [0.29, 0.717) is 0 Å². The molecular formula is C25H33F3. The van der Waals surface area contributed by atoms with E-state index in [2.05, 4.69) is 18.8 Å². The fourth-order valence-corrected chi connectivity index (χ4v) is 5.18. The number of benzene rings is 1. The Kier molecular flexibility index (Phi) is 7.89. The summed E-state index contributed by atoms with van der Waals surface area (Å²) in [6.07, 6.45) is 15.7. The first-order chi connectivity index (χ1) is 13.6. The minimum Gasteiger partial charge on any atom is -0.204 e. The van der Waals surface area contributed by atoms with Gasteiger partial charge in [-0.05, 0) is 68.4 Å². The highest BCUT2D eigenvalue weighted by atomic mass is 19.2. The van der Waals surface area contributed by atoms with Crippen molar-refractivity contribution in [2.24, 2.45) is 23.7 Å². The molecule has 3 rings (SSSR count). The monoisotopic (exact) mass is 390 g/mol. The largest absolute Gasteiger partial charge is 0.204 e. The van der Waals surface area contributed by atoms with Gasteiger partial charge in [0.1, 0.15) is 0 Å². The van der Waals surface area contributed by atoms with Crippen LogP contribution in [0.2, 0.25) is 0 Å². The van der Waals surface area contributed by atoms with E-state index >= 15 is 0 Å². The average molecular weight is 391 g/mol. The molecule has 1 aromatic rings. The van der Waals surface area contributed by atoms with Crippen LogP contribution in [0.3, 0.4) is 0 Å². The third-order valence-electron chi connectivity index (χ3n) is 6.95. The summed E-state index contributed by atoms with van der Waals surface area (Å²) in [5.41, 5.74) is 0.222. The van der Waals surface area contributed by atoms with Gasteiger partial charge in [-0.2, -0.15) is 0 Å². The van der Waals surface area contributed by atoms with Gasteiger partial charge in [0, 0.05) is 11.5 Å². The van der Waals surface area contributed by atoms with Crippen LogP contribution < -0.4 is 0 Å². The lowest BCUT2D eigenvalue weighted by atomic mass is 9.69. The summed E-state index contributed by atoms with van der Waals surface area (Å²) in [4.78, 5) is 0. The van der Waals surface area contributed by atoms with Crippen LogP contribution in [-0.2, 0) is 0 Å². The number of rotatable bonds is 5. The van der Waals surface area contributed by atoms with Crippen LogP contribution in [0.4, 0.5) is 13.2 Å². The summed E-state index contributed by atoms with van der Waals surface area (Å²) in [6, 6.07) is 1.96. The number of halogens is 3. The highest BCUT2D eigenvalue weighted by Gasteiger charge is 2.30. The molecule has 0 N–H and O–H groups in total. The van der Waals surface area contributed by atoms with Crippen molar-refractivity contribution in [3.63, 3.8) is 0 Å². The van der Waals surface area contributed by atoms with Gasteiger partial charge in [-0.3, -0.25) is 0 Å². The van der Waals surface area contributed by atoms with E-state index in [0.717, 1.165) is 42.7 Å². The zero-order valence-corrected chi connectivity index (χ0v) is 17.1. The smallest absolute Gasteiger partial charge is 0.194 e. The molecule has 0 radical (unpaired) electrons. The van der Waals surface area contributed by atoms with Crippen LogP contribution in [0, 0.1) is 53.0 Å². The number of unbranched alkanes of at least 4 members (excludes halogenated alkanes) is 2. The minimum atomic E-state index is -1.42. The molecule has 0 aromatic heterocycles. The van der Waals surface area contributed by atoms with Gasteiger partial charge in [-0.15, -0.1) is 0 Å². The molecule has 0 spiro atoms. The summed E-state index contributed by atoms with van der Waals surface area (Å²) in [5.74, 6) is 5.22. The molecule has 154 valence electrons. The minimum absolute atomic E-state index is 0.222. The molecule has 0 nitrogen and oxygen atoms in total. The molecule has 0 amide bonds. The predicted octanol–water partition coefficient (Wildman–Crippen LogP) is 7.65. The van der Waals surface area contributed by atoms with E-state index in [-0.39, 0.29) is 11.5 Å². The van der Waals surface area contributed by atoms with Crippen LogP contribution in [0.25, 0.3) is 0 Å². The fraction of sp³-hybridized carbons (Fsp3) is 0.680. The molecule has 0 unspecified atom stereocenters. The molecule has 2 aliphatic carbocycles. The second-order valence-corrected chi connectivity index (χ2v) is 8.91. The second kappa shape index (κ2) is 10.4. The Morgan fingerprint density at radius 1 is 0.821 bits per heavy atom. The third-order valence-corrected chi connectivity index (χ3v) is 6.95. The van der Waals surface area contributed by atoms with Gasteiger partial charge in [-0.1, -0.05) is 57.3 Å². The van der Waals surface area contributed by atoms with Crippen molar-refractivity contribution in [1.29, 1.82) is 0 Å². The number of hydrogen-bond acceptors (Lipinski definition) is 0. The van der Waals surface area contributed by atoms with Gasteiger partial charge in [0.2, 0.25) is 0 Å². The summed E-state index contributed by atoms with van der Waals surface area (Å²) >= 11 is 0. The summed E-state index contributed by atoms with van der Waals surface area (Å²) in [5, 5.41) is 0. The zero-order valence-electron chi connectivity index (χ0n) is 17.1. The maximum Gasteiger partial charge on any atom is 0.194 e. The maximum absolute atomic E-state index is 13.3. The van der Waals surface area contributed by atoms with E-state index in [1.165, 1.54) is 64.2 Å². The van der Waals surface area contributed by atoms with Gasteiger partial charge in [0.25, 0.3) is 0 Å². The Morgan fingerprint density at radius 3 is 1.96 bits per heavy atom. The Labute approximate surface area is 168 Å². The molecule has 0 aliphatic heterocycles. The zero-order chi connectivity index (χ0) is 19.9. The summed E-state index contributed by atoms with van der Waals surface area (Å²) < 4.78 is 39.6. The van der Waals surface area contributed by atoms with Gasteiger partial charge in [0.15, 0.2) is 17.5 Å². The molecule has 0 atom stereocenters. The van der Waals surface area contributed by atoms with Gasteiger partial charge >= 0.3 is 0 Å². The van der Waals surface area contributed by atoms with Crippen LogP contribution >= 0.6 is 0 Å². The molecule has 28 heavy (non-hydrogen) atoms. The van der Waals surface area contributed by atoms with Crippen molar-refractivity contribution in [3.05, 3.63) is 35.1 Å². The normalized spacial score (nSPS) is 27.9. The Hall–Kier alpha value is -1.43. The molecule has 0 bridgehead atoms. The quantitative estimate of drug-likeness (QED) is 0.275. The number of hydrogen-bond donors (Lipinski definition) is 0. The predicted molar refractivity (Wildman–Crippen MR) is 108 cm³/mol. The molecule has 2 saturated carbocycles. The average Bonchev–Trinajstić information content (AvgIpc) is 2.71. The lowest BCUT2D eigenvalue weighted by Gasteiger charge is -2.37. The van der Waals surface area contributed by atoms with Crippen molar-refractivity contribution in [1.82, 2.24) is 0 Å². The molecule has 3 heteroatoms. The highest BCUT2D eigenvalue weighted by Crippen LogP contribution is 2.42. The first-order valence-electron chi connectivity index (χ1n) is 11.2. The molecule has 0 saturated heterocycles. The Bertz CT molecular complexity index is 660. The van der Waals surface area contributed by atoms with E-state index in [1.807, 2.05) is 0 Å². The van der Waals surface area contributed by atoms with Crippen LogP contribution in [0.1, 0.15) is 89.5 Å². The van der Waals surface area contributed by atoms with E-state index < -0.39 is 17.5 Å². The van der Waals surface area contributed by atoms with Crippen molar-refractivity contribution >= 4 is 0 Å². The molecule has 2 aliphatic rings. The van der Waals surface area contributed by atoms with Crippen molar-refractivity contribution in [3.8, 4) is 11.8 Å². The van der Waals surface area contributed by atoms with Gasteiger partial charge in [0.05, 0.1) is 0 Å². The molecular weight excluding hydrogens is 357 g/mol. The van der Waals surface area contributed by atoms with Crippen molar-refractivity contribution in [2.45, 2.75) is 84.0 Å². The molecule has 2 fully saturated rings. The van der Waals surface area contributed by atoms with E-state index in [1.54, 1.807) is 0 Å². The lowest BCUT2D eigenvalue weighted by molar-refractivity contribution is 0.153. The Morgan fingerprint density at radius 2 is 1.39 bits per heavy atom. The first kappa shape index (κ1) is 21.3. The SMILES string of the molecule is CCCCC[C@H]1CC[C@H]([C@H]2CC[C@H](C#Cc3cc(F)c(F)c(F)c3)CC2)CC1. The van der Waals surface area contributed by atoms with E-state index in [4.69, 9.17) is 0 Å². The second-order valence-electron chi connectivity index (χ2n) is 8.91. The lowest BCUT2D eigenvalue weighted by Crippen LogP contribution is -2.25. The topological polar surface area (TPSA) is 0 Å². The van der Waals surface area contributed by atoms with Crippen LogP contribution in [-0.4, -0.2) is 0 Å². The maximum atomic E-state index is 13.3. The summed E-state index contributed by atoms with van der Waals surface area (Å²) in [7, 11) is 0. The third kappa shape index (κ3) is 5.79. The van der Waals surface area contributed by atoms with Crippen molar-refractivity contribution < 1.29 is 13.2 Å². The van der Waals surface area contributed by atoms with Crippen LogP contribution in [0.15, 0.2) is 12.1 Å².